The lowest BCUT2D eigenvalue weighted by Gasteiger charge is -2.44. The minimum absolute atomic E-state index is 0.0716. The van der Waals surface area contributed by atoms with Crippen molar-refractivity contribution in [3.63, 3.8) is 0 Å². The zero-order valence-corrected chi connectivity index (χ0v) is 14.4. The Bertz CT molecular complexity index is 642. The molecule has 0 saturated carbocycles. The largest absolute Gasteiger partial charge is 0.330 e. The van der Waals surface area contributed by atoms with Gasteiger partial charge in [0.1, 0.15) is 5.69 Å². The van der Waals surface area contributed by atoms with Crippen LogP contribution in [-0.2, 0) is 9.84 Å². The zero-order chi connectivity index (χ0) is 15.9. The molecule has 3 heterocycles. The Hall–Kier alpha value is -0.990. The van der Waals surface area contributed by atoms with E-state index in [9.17, 15) is 13.2 Å². The SMILES string of the molecule is CC(C)CN1CCN(C(=O)c2cscn2)[C@H]2CS(=O)(=O)C[C@H]21. The fraction of sp³-hybridized carbons (Fsp3) is 0.714. The average molecular weight is 343 g/mol. The van der Waals surface area contributed by atoms with Gasteiger partial charge in [-0.05, 0) is 5.92 Å². The number of thiazole rings is 1. The van der Waals surface area contributed by atoms with Crippen molar-refractivity contribution in [3.8, 4) is 0 Å². The van der Waals surface area contributed by atoms with Crippen molar-refractivity contribution < 1.29 is 13.2 Å². The highest BCUT2D eigenvalue weighted by molar-refractivity contribution is 7.91. The quantitative estimate of drug-likeness (QED) is 0.809. The number of rotatable bonds is 3. The number of carbonyl (C=O) groups excluding carboxylic acids is 1. The molecule has 122 valence electrons. The molecule has 0 unspecified atom stereocenters. The zero-order valence-electron chi connectivity index (χ0n) is 12.8. The van der Waals surface area contributed by atoms with Crippen molar-refractivity contribution in [2.24, 2.45) is 5.92 Å². The van der Waals surface area contributed by atoms with Gasteiger partial charge >= 0.3 is 0 Å². The van der Waals surface area contributed by atoms with Crippen LogP contribution >= 0.6 is 11.3 Å². The van der Waals surface area contributed by atoms with Gasteiger partial charge in [-0.15, -0.1) is 11.3 Å². The molecule has 0 aromatic carbocycles. The van der Waals surface area contributed by atoms with Crippen molar-refractivity contribution in [3.05, 3.63) is 16.6 Å². The first-order chi connectivity index (χ1) is 10.4. The first-order valence-electron chi connectivity index (χ1n) is 7.51. The fourth-order valence-electron chi connectivity index (χ4n) is 3.44. The second-order valence-corrected chi connectivity index (χ2v) is 9.35. The van der Waals surface area contributed by atoms with Crippen LogP contribution in [0, 0.1) is 5.92 Å². The summed E-state index contributed by atoms with van der Waals surface area (Å²) in [5.74, 6) is 0.565. The molecule has 2 fully saturated rings. The molecule has 0 radical (unpaired) electrons. The molecule has 2 aliphatic rings. The van der Waals surface area contributed by atoms with Crippen LogP contribution in [0.4, 0.5) is 0 Å². The van der Waals surface area contributed by atoms with Gasteiger partial charge in [0.2, 0.25) is 0 Å². The van der Waals surface area contributed by atoms with E-state index < -0.39 is 9.84 Å². The van der Waals surface area contributed by atoms with Gasteiger partial charge in [-0.3, -0.25) is 9.69 Å². The predicted molar refractivity (Wildman–Crippen MR) is 85.8 cm³/mol. The molecule has 1 aromatic heterocycles. The van der Waals surface area contributed by atoms with Gasteiger partial charge in [-0.2, -0.15) is 0 Å². The number of fused-ring (bicyclic) bond motifs is 1. The molecule has 0 bridgehead atoms. The summed E-state index contributed by atoms with van der Waals surface area (Å²) in [4.78, 5) is 20.6. The Morgan fingerprint density at radius 3 is 2.73 bits per heavy atom. The van der Waals surface area contributed by atoms with Crippen LogP contribution in [0.2, 0.25) is 0 Å². The van der Waals surface area contributed by atoms with Gasteiger partial charge in [0.15, 0.2) is 9.84 Å². The maximum atomic E-state index is 12.6. The maximum absolute atomic E-state index is 12.6. The van der Waals surface area contributed by atoms with Gasteiger partial charge in [-0.1, -0.05) is 13.8 Å². The van der Waals surface area contributed by atoms with Crippen molar-refractivity contribution in [2.45, 2.75) is 25.9 Å². The number of hydrogen-bond donors (Lipinski definition) is 0. The molecule has 0 spiro atoms. The highest BCUT2D eigenvalue weighted by Crippen LogP contribution is 2.28. The van der Waals surface area contributed by atoms with E-state index in [1.165, 1.54) is 11.3 Å². The fourth-order valence-corrected chi connectivity index (χ4v) is 5.98. The molecular weight excluding hydrogens is 322 g/mol. The van der Waals surface area contributed by atoms with E-state index in [1.54, 1.807) is 15.8 Å². The molecule has 2 aliphatic heterocycles. The van der Waals surface area contributed by atoms with Crippen molar-refractivity contribution in [1.82, 2.24) is 14.8 Å². The van der Waals surface area contributed by atoms with Gasteiger partial charge in [-0.25, -0.2) is 13.4 Å². The maximum Gasteiger partial charge on any atom is 0.273 e. The molecule has 8 heteroatoms. The van der Waals surface area contributed by atoms with Crippen molar-refractivity contribution in [1.29, 1.82) is 0 Å². The van der Waals surface area contributed by atoms with E-state index in [-0.39, 0.29) is 29.5 Å². The lowest BCUT2D eigenvalue weighted by molar-refractivity contribution is 0.0293. The number of piperazine rings is 1. The Labute approximate surface area is 135 Å². The lowest BCUT2D eigenvalue weighted by Crippen LogP contribution is -2.61. The number of carbonyl (C=O) groups is 1. The third-order valence-electron chi connectivity index (χ3n) is 4.30. The van der Waals surface area contributed by atoms with Crippen molar-refractivity contribution >= 4 is 27.1 Å². The topological polar surface area (TPSA) is 70.6 Å². The first-order valence-corrected chi connectivity index (χ1v) is 10.3. The van der Waals surface area contributed by atoms with Crippen LogP contribution in [0.25, 0.3) is 0 Å². The van der Waals surface area contributed by atoms with E-state index in [0.29, 0.717) is 18.2 Å². The molecule has 0 aliphatic carbocycles. The van der Waals surface area contributed by atoms with Crippen LogP contribution in [0.3, 0.4) is 0 Å². The summed E-state index contributed by atoms with van der Waals surface area (Å²) < 4.78 is 24.2. The van der Waals surface area contributed by atoms with Gasteiger partial charge in [0.25, 0.3) is 5.91 Å². The third kappa shape index (κ3) is 3.04. The van der Waals surface area contributed by atoms with Crippen molar-refractivity contribution in [2.75, 3.05) is 31.1 Å². The summed E-state index contributed by atoms with van der Waals surface area (Å²) in [5, 5.41) is 1.72. The Balaban J connectivity index is 1.85. The molecule has 0 N–H and O–H groups in total. The summed E-state index contributed by atoms with van der Waals surface area (Å²) >= 11 is 1.38. The number of amides is 1. The normalized spacial score (nSPS) is 28.0. The van der Waals surface area contributed by atoms with E-state index >= 15 is 0 Å². The minimum atomic E-state index is -3.09. The van der Waals surface area contributed by atoms with Crippen LogP contribution in [-0.4, -0.2) is 72.3 Å². The van der Waals surface area contributed by atoms with E-state index in [4.69, 9.17) is 0 Å². The molecule has 6 nitrogen and oxygen atoms in total. The number of nitrogens with zero attached hydrogens (tertiary/aromatic N) is 3. The van der Waals surface area contributed by atoms with Crippen LogP contribution < -0.4 is 0 Å². The second-order valence-electron chi connectivity index (χ2n) is 6.47. The number of hydrogen-bond acceptors (Lipinski definition) is 6. The highest BCUT2D eigenvalue weighted by atomic mass is 32.2. The molecule has 3 rings (SSSR count). The molecule has 1 aromatic rings. The number of sulfone groups is 1. The third-order valence-corrected chi connectivity index (χ3v) is 6.59. The summed E-state index contributed by atoms with van der Waals surface area (Å²) in [6, 6.07) is -0.324. The van der Waals surface area contributed by atoms with Gasteiger partial charge < -0.3 is 4.90 Å². The minimum Gasteiger partial charge on any atom is -0.330 e. The highest BCUT2D eigenvalue weighted by Gasteiger charge is 2.48. The first kappa shape index (κ1) is 15.9. The van der Waals surface area contributed by atoms with E-state index in [2.05, 4.69) is 23.7 Å². The van der Waals surface area contributed by atoms with Crippen LogP contribution in [0.15, 0.2) is 10.9 Å². The molecule has 22 heavy (non-hydrogen) atoms. The van der Waals surface area contributed by atoms with Gasteiger partial charge in [0, 0.05) is 31.1 Å². The Morgan fingerprint density at radius 2 is 2.09 bits per heavy atom. The number of aromatic nitrogens is 1. The molecule has 2 atom stereocenters. The summed E-state index contributed by atoms with van der Waals surface area (Å²) in [6.07, 6.45) is 0. The van der Waals surface area contributed by atoms with Crippen LogP contribution in [0.5, 0.6) is 0 Å². The Kier molecular flexibility index (Phi) is 4.26. The summed E-state index contributed by atoms with van der Waals surface area (Å²) in [6.45, 7) is 6.43. The smallest absolute Gasteiger partial charge is 0.273 e. The monoisotopic (exact) mass is 343 g/mol. The lowest BCUT2D eigenvalue weighted by atomic mass is 10.0. The molecule has 2 saturated heterocycles. The van der Waals surface area contributed by atoms with E-state index in [1.807, 2.05) is 0 Å². The summed E-state index contributed by atoms with van der Waals surface area (Å²) in [7, 11) is -3.09. The standard InChI is InChI=1S/C14H21N3O3S2/c1-10(2)5-16-3-4-17(14(18)11-6-21-9-15-11)13-8-22(19,20)7-12(13)16/h6,9-10,12-13H,3-5,7-8H2,1-2H3/t12-,13+/m1/s1. The predicted octanol–water partition coefficient (Wildman–Crippen LogP) is 0.723. The summed E-state index contributed by atoms with van der Waals surface area (Å²) in [5.41, 5.74) is 2.05. The molecular formula is C14H21N3O3S2. The van der Waals surface area contributed by atoms with Gasteiger partial charge in [0.05, 0.1) is 23.1 Å². The molecule has 1 amide bonds. The van der Waals surface area contributed by atoms with E-state index in [0.717, 1.165) is 13.1 Å². The Morgan fingerprint density at radius 1 is 1.36 bits per heavy atom. The average Bonchev–Trinajstić information content (AvgIpc) is 3.04. The van der Waals surface area contributed by atoms with Crippen LogP contribution in [0.1, 0.15) is 24.3 Å². The second kappa shape index (κ2) is 5.90.